The third-order valence-corrected chi connectivity index (χ3v) is 5.96. The molecule has 1 aliphatic heterocycles. The van der Waals surface area contributed by atoms with Crippen LogP contribution in [0.4, 0.5) is 28.9 Å². The van der Waals surface area contributed by atoms with Crippen molar-refractivity contribution in [2.24, 2.45) is 0 Å². The van der Waals surface area contributed by atoms with Gasteiger partial charge in [-0.05, 0) is 42.3 Å². The zero-order valence-electron chi connectivity index (χ0n) is 15.6. The molecule has 3 rings (SSSR count). The smallest absolute Gasteiger partial charge is 0.398 e. The Morgan fingerprint density at radius 2 is 1.68 bits per heavy atom. The second-order valence-electron chi connectivity index (χ2n) is 6.98. The zero-order chi connectivity index (χ0) is 20.3. The van der Waals surface area contributed by atoms with Crippen LogP contribution in [0.3, 0.4) is 0 Å². The number of benzene rings is 2. The molecule has 0 amide bonds. The monoisotopic (exact) mass is 413 g/mol. The summed E-state index contributed by atoms with van der Waals surface area (Å²) < 4.78 is 52.1. The molecule has 3 nitrogen and oxygen atoms in total. The lowest BCUT2D eigenvalue weighted by Crippen LogP contribution is -2.46. The zero-order valence-corrected chi connectivity index (χ0v) is 16.4. The third kappa shape index (κ3) is 5.54. The molecule has 0 bridgehead atoms. The molecule has 1 heterocycles. The molecule has 8 heteroatoms. The van der Waals surface area contributed by atoms with Crippen molar-refractivity contribution in [2.75, 3.05) is 42.6 Å². The van der Waals surface area contributed by atoms with Gasteiger partial charge >= 0.3 is 6.18 Å². The van der Waals surface area contributed by atoms with Gasteiger partial charge in [-0.2, -0.15) is 13.2 Å². The van der Waals surface area contributed by atoms with Crippen molar-refractivity contribution >= 4 is 23.1 Å². The standard InChI is InChI=1S/C20H23F4N3S/c1-14-10-17(21)18(11-19(14)28-13-20(22,23)24)27-8-6-26(7-9-27)12-15-2-4-16(25)5-3-15/h2-5,10-11H,6-9,12-13,25H2,1H3. The topological polar surface area (TPSA) is 32.5 Å². The van der Waals surface area contributed by atoms with E-state index in [-0.39, 0.29) is 5.82 Å². The Morgan fingerprint density at radius 1 is 1.04 bits per heavy atom. The fourth-order valence-corrected chi connectivity index (χ4v) is 4.03. The van der Waals surface area contributed by atoms with E-state index in [0.717, 1.165) is 30.9 Å². The number of anilines is 2. The second kappa shape index (κ2) is 8.61. The van der Waals surface area contributed by atoms with E-state index in [1.54, 1.807) is 13.0 Å². The van der Waals surface area contributed by atoms with Crippen LogP contribution in [0.5, 0.6) is 0 Å². The summed E-state index contributed by atoms with van der Waals surface area (Å²) in [6.07, 6.45) is -4.25. The van der Waals surface area contributed by atoms with Crippen LogP contribution in [-0.4, -0.2) is 43.0 Å². The van der Waals surface area contributed by atoms with E-state index >= 15 is 0 Å². The number of thioether (sulfide) groups is 1. The molecule has 1 fully saturated rings. The quantitative estimate of drug-likeness (QED) is 0.438. The molecule has 0 saturated carbocycles. The Hall–Kier alpha value is -1.93. The predicted molar refractivity (Wildman–Crippen MR) is 106 cm³/mol. The van der Waals surface area contributed by atoms with Crippen LogP contribution in [0, 0.1) is 12.7 Å². The third-order valence-electron chi connectivity index (χ3n) is 4.73. The van der Waals surface area contributed by atoms with Crippen molar-refractivity contribution in [3.63, 3.8) is 0 Å². The molecule has 1 saturated heterocycles. The Balaban J connectivity index is 1.63. The van der Waals surface area contributed by atoms with E-state index < -0.39 is 11.9 Å². The van der Waals surface area contributed by atoms with Crippen LogP contribution >= 0.6 is 11.8 Å². The Labute approximate surface area is 166 Å². The SMILES string of the molecule is Cc1cc(F)c(N2CCN(Cc3ccc(N)cc3)CC2)cc1SCC(F)(F)F. The van der Waals surface area contributed by atoms with E-state index in [9.17, 15) is 17.6 Å². The van der Waals surface area contributed by atoms with E-state index in [0.29, 0.717) is 41.0 Å². The van der Waals surface area contributed by atoms with Crippen molar-refractivity contribution in [1.82, 2.24) is 4.90 Å². The van der Waals surface area contributed by atoms with E-state index in [1.165, 1.54) is 6.07 Å². The summed E-state index contributed by atoms with van der Waals surface area (Å²) in [5, 5.41) is 0. The van der Waals surface area contributed by atoms with Crippen LogP contribution in [-0.2, 0) is 6.54 Å². The second-order valence-corrected chi connectivity index (χ2v) is 7.99. The van der Waals surface area contributed by atoms with Crippen LogP contribution in [0.1, 0.15) is 11.1 Å². The van der Waals surface area contributed by atoms with Gasteiger partial charge in [-0.1, -0.05) is 12.1 Å². The van der Waals surface area contributed by atoms with Crippen molar-refractivity contribution in [3.05, 3.63) is 53.3 Å². The van der Waals surface area contributed by atoms with Crippen LogP contribution in [0.15, 0.2) is 41.3 Å². The van der Waals surface area contributed by atoms with Crippen molar-refractivity contribution in [3.8, 4) is 0 Å². The molecule has 28 heavy (non-hydrogen) atoms. The van der Waals surface area contributed by atoms with Crippen molar-refractivity contribution < 1.29 is 17.6 Å². The van der Waals surface area contributed by atoms with Gasteiger partial charge in [0, 0.05) is 43.3 Å². The predicted octanol–water partition coefficient (Wildman–Crippen LogP) is 4.69. The molecule has 1 aliphatic rings. The number of alkyl halides is 3. The lowest BCUT2D eigenvalue weighted by molar-refractivity contribution is -0.105. The summed E-state index contributed by atoms with van der Waals surface area (Å²) in [5.74, 6) is -1.37. The maximum atomic E-state index is 14.5. The summed E-state index contributed by atoms with van der Waals surface area (Å²) in [7, 11) is 0. The van der Waals surface area contributed by atoms with Crippen LogP contribution in [0.25, 0.3) is 0 Å². The number of nitrogens with two attached hydrogens (primary N) is 1. The molecule has 0 unspecified atom stereocenters. The Bertz CT molecular complexity index is 800. The minimum absolute atomic E-state index is 0.377. The fourth-order valence-electron chi connectivity index (χ4n) is 3.23. The van der Waals surface area contributed by atoms with Gasteiger partial charge in [0.05, 0.1) is 11.4 Å². The highest BCUT2D eigenvalue weighted by atomic mass is 32.2. The number of halogens is 4. The van der Waals surface area contributed by atoms with Crippen molar-refractivity contribution in [1.29, 1.82) is 0 Å². The van der Waals surface area contributed by atoms with Gasteiger partial charge in [0.25, 0.3) is 0 Å². The van der Waals surface area contributed by atoms with Gasteiger partial charge in [-0.15, -0.1) is 11.8 Å². The highest BCUT2D eigenvalue weighted by Gasteiger charge is 2.28. The Morgan fingerprint density at radius 3 is 2.29 bits per heavy atom. The first kappa shape index (κ1) is 20.8. The first-order valence-electron chi connectivity index (χ1n) is 9.03. The minimum atomic E-state index is -4.25. The lowest BCUT2D eigenvalue weighted by Gasteiger charge is -2.36. The van der Waals surface area contributed by atoms with Crippen LogP contribution in [0.2, 0.25) is 0 Å². The number of hydrogen-bond acceptors (Lipinski definition) is 4. The summed E-state index contributed by atoms with van der Waals surface area (Å²) in [4.78, 5) is 4.65. The normalized spacial score (nSPS) is 15.8. The van der Waals surface area contributed by atoms with Gasteiger partial charge in [-0.25, -0.2) is 4.39 Å². The molecule has 152 valence electrons. The van der Waals surface area contributed by atoms with Gasteiger partial charge in [-0.3, -0.25) is 4.90 Å². The summed E-state index contributed by atoms with van der Waals surface area (Å²) in [5.41, 5.74) is 8.49. The summed E-state index contributed by atoms with van der Waals surface area (Å²) in [6, 6.07) is 10.6. The number of nitrogen functional groups attached to an aromatic ring is 1. The average molecular weight is 413 g/mol. The van der Waals surface area contributed by atoms with Gasteiger partial charge in [0.1, 0.15) is 5.82 Å². The Kier molecular flexibility index (Phi) is 6.40. The molecule has 0 aliphatic carbocycles. The van der Waals surface area contributed by atoms with Crippen molar-refractivity contribution in [2.45, 2.75) is 24.5 Å². The fraction of sp³-hybridized carbons (Fsp3) is 0.400. The molecule has 0 atom stereocenters. The van der Waals surface area contributed by atoms with Gasteiger partial charge in [0.2, 0.25) is 0 Å². The first-order valence-corrected chi connectivity index (χ1v) is 10.0. The van der Waals surface area contributed by atoms with E-state index in [2.05, 4.69) is 4.90 Å². The molecular formula is C20H23F4N3S. The number of rotatable bonds is 5. The number of nitrogens with zero attached hydrogens (tertiary/aromatic N) is 2. The molecule has 2 aromatic carbocycles. The molecule has 2 aromatic rings. The van der Waals surface area contributed by atoms with Gasteiger partial charge < -0.3 is 10.6 Å². The molecule has 0 aromatic heterocycles. The maximum Gasteiger partial charge on any atom is 0.398 e. The van der Waals surface area contributed by atoms with E-state index in [4.69, 9.17) is 5.73 Å². The average Bonchev–Trinajstić information content (AvgIpc) is 2.63. The van der Waals surface area contributed by atoms with E-state index in [1.807, 2.05) is 29.2 Å². The largest absolute Gasteiger partial charge is 0.399 e. The molecule has 2 N–H and O–H groups in total. The lowest BCUT2D eigenvalue weighted by atomic mass is 10.1. The molecule has 0 spiro atoms. The number of piperazine rings is 1. The molecule has 0 radical (unpaired) electrons. The number of hydrogen-bond donors (Lipinski definition) is 1. The summed E-state index contributed by atoms with van der Waals surface area (Å²) >= 11 is 0.705. The number of aryl methyl sites for hydroxylation is 1. The first-order chi connectivity index (χ1) is 13.2. The summed E-state index contributed by atoms with van der Waals surface area (Å²) in [6.45, 7) is 5.18. The van der Waals surface area contributed by atoms with Crippen LogP contribution < -0.4 is 10.6 Å². The van der Waals surface area contributed by atoms with Gasteiger partial charge in [0.15, 0.2) is 0 Å². The highest BCUT2D eigenvalue weighted by Crippen LogP contribution is 2.34. The minimum Gasteiger partial charge on any atom is -0.399 e. The highest BCUT2D eigenvalue weighted by molar-refractivity contribution is 7.99. The molecular weight excluding hydrogens is 390 g/mol. The maximum absolute atomic E-state index is 14.5.